The lowest BCUT2D eigenvalue weighted by Gasteiger charge is -2.23. The normalized spacial score (nSPS) is 11.4. The fourth-order valence-corrected chi connectivity index (χ4v) is 7.38. The Morgan fingerprint density at radius 1 is 0.510 bits per heavy atom. The van der Waals surface area contributed by atoms with Crippen LogP contribution in [0.5, 0.6) is 0 Å². The van der Waals surface area contributed by atoms with Gasteiger partial charge < -0.3 is 9.13 Å². The summed E-state index contributed by atoms with van der Waals surface area (Å²) in [6, 6.07) is 52.6. The van der Waals surface area contributed by atoms with Crippen molar-refractivity contribution in [2.45, 2.75) is 0 Å². The van der Waals surface area contributed by atoms with Crippen molar-refractivity contribution in [3.05, 3.63) is 163 Å². The first-order valence-corrected chi connectivity index (χ1v) is 16.1. The highest BCUT2D eigenvalue weighted by atomic mass is 19.1. The van der Waals surface area contributed by atoms with E-state index < -0.39 is 0 Å². The summed E-state index contributed by atoms with van der Waals surface area (Å²) >= 11 is 0. The van der Waals surface area contributed by atoms with E-state index in [2.05, 4.69) is 99.7 Å². The van der Waals surface area contributed by atoms with Crippen LogP contribution in [-0.4, -0.2) is 15.9 Å². The van der Waals surface area contributed by atoms with Gasteiger partial charge in [-0.15, -0.1) is 0 Å². The van der Waals surface area contributed by atoms with Crippen LogP contribution in [0.2, 0.25) is 0 Å². The molecule has 9 aromatic rings. The minimum atomic E-state index is -0.273. The Hall–Kier alpha value is -6.77. The fraction of sp³-hybridized carbons (Fsp3) is 0. The molecule has 0 atom stereocenters. The summed E-state index contributed by atoms with van der Waals surface area (Å²) in [4.78, 5) is 4.59. The largest absolute Gasteiger partial charge is 0.307 e. The van der Waals surface area contributed by atoms with Crippen LogP contribution in [0.1, 0.15) is 5.56 Å². The Bertz CT molecular complexity index is 2690. The van der Waals surface area contributed by atoms with E-state index in [-0.39, 0.29) is 5.82 Å². The molecule has 0 aliphatic heterocycles. The smallest absolute Gasteiger partial charge is 0.123 e. The van der Waals surface area contributed by atoms with Gasteiger partial charge in [0.05, 0.1) is 44.7 Å². The lowest BCUT2D eigenvalue weighted by atomic mass is 9.94. The molecule has 230 valence electrons. The number of nitriles is 1. The summed E-state index contributed by atoms with van der Waals surface area (Å²) in [5.74, 6) is -0.273. The van der Waals surface area contributed by atoms with Crippen molar-refractivity contribution in [1.29, 1.82) is 5.26 Å². The molecule has 7 aromatic carbocycles. The van der Waals surface area contributed by atoms with Gasteiger partial charge in [-0.25, -0.2) is 4.39 Å². The monoisotopic (exact) mass is 630 g/mol. The number of benzene rings is 7. The van der Waals surface area contributed by atoms with E-state index in [1.54, 1.807) is 12.1 Å². The molecule has 0 radical (unpaired) electrons. The number of hydrogen-bond donors (Lipinski definition) is 0. The molecule has 9 rings (SSSR count). The summed E-state index contributed by atoms with van der Waals surface area (Å²) in [5.41, 5.74) is 10.3. The van der Waals surface area contributed by atoms with Crippen molar-refractivity contribution < 1.29 is 4.39 Å². The van der Waals surface area contributed by atoms with E-state index >= 15 is 0 Å². The lowest BCUT2D eigenvalue weighted by molar-refractivity contribution is 0.628. The number of hydrogen-bond acceptors (Lipinski definition) is 2. The van der Waals surface area contributed by atoms with E-state index in [1.807, 2.05) is 54.6 Å². The molecule has 0 amide bonds. The number of nitrogens with zero attached hydrogens (tertiary/aromatic N) is 4. The lowest BCUT2D eigenvalue weighted by Crippen LogP contribution is -2.07. The van der Waals surface area contributed by atoms with Gasteiger partial charge in [0.15, 0.2) is 0 Å². The SMILES string of the molecule is C=Nc1cc(C#N)c(-n2c3ccccc3c3ccccc32)c(-c2ccc(-c3ccc(F)cc3)cc2)c1-n1c2ccccc2c2ccccc21. The molecule has 0 N–H and O–H groups in total. The highest BCUT2D eigenvalue weighted by Gasteiger charge is 2.27. The Morgan fingerprint density at radius 3 is 1.33 bits per heavy atom. The van der Waals surface area contributed by atoms with Gasteiger partial charge in [0.25, 0.3) is 0 Å². The molecule has 0 saturated heterocycles. The van der Waals surface area contributed by atoms with Crippen LogP contribution in [0.15, 0.2) is 157 Å². The van der Waals surface area contributed by atoms with Crippen molar-refractivity contribution >= 4 is 56.0 Å². The first kappa shape index (κ1) is 28.5. The number of para-hydroxylation sites is 4. The minimum Gasteiger partial charge on any atom is -0.307 e. The van der Waals surface area contributed by atoms with Crippen LogP contribution >= 0.6 is 0 Å². The molecule has 0 aliphatic carbocycles. The highest BCUT2D eigenvalue weighted by molar-refractivity contribution is 6.13. The maximum atomic E-state index is 13.8. The van der Waals surface area contributed by atoms with E-state index in [0.29, 0.717) is 11.3 Å². The zero-order chi connectivity index (χ0) is 33.1. The molecule has 0 spiro atoms. The number of rotatable bonds is 5. The number of fused-ring (bicyclic) bond motifs is 6. The molecular weight excluding hydrogens is 604 g/mol. The van der Waals surface area contributed by atoms with Crippen molar-refractivity contribution in [2.75, 3.05) is 0 Å². The summed E-state index contributed by atoms with van der Waals surface area (Å²) in [6.07, 6.45) is 0. The highest BCUT2D eigenvalue weighted by Crippen LogP contribution is 2.47. The molecule has 0 saturated carbocycles. The van der Waals surface area contributed by atoms with Gasteiger partial charge in [-0.3, -0.25) is 4.99 Å². The van der Waals surface area contributed by atoms with Gasteiger partial charge in [-0.1, -0.05) is 109 Å². The van der Waals surface area contributed by atoms with Crippen LogP contribution in [-0.2, 0) is 0 Å². The topological polar surface area (TPSA) is 46.0 Å². The van der Waals surface area contributed by atoms with Crippen LogP contribution in [0.3, 0.4) is 0 Å². The third kappa shape index (κ3) is 4.32. The molecule has 0 bridgehead atoms. The van der Waals surface area contributed by atoms with Gasteiger partial charge in [-0.05, 0) is 65.9 Å². The van der Waals surface area contributed by atoms with Gasteiger partial charge in [0.2, 0.25) is 0 Å². The molecule has 4 nitrogen and oxygen atoms in total. The molecule has 2 aromatic heterocycles. The van der Waals surface area contributed by atoms with Crippen molar-refractivity contribution in [2.24, 2.45) is 4.99 Å². The molecular formula is C44H27FN4. The average molecular weight is 631 g/mol. The third-order valence-corrected chi connectivity index (χ3v) is 9.50. The Labute approximate surface area is 281 Å². The first-order valence-electron chi connectivity index (χ1n) is 16.1. The van der Waals surface area contributed by atoms with E-state index in [9.17, 15) is 9.65 Å². The molecule has 2 heterocycles. The number of aromatic nitrogens is 2. The second kappa shape index (κ2) is 11.2. The van der Waals surface area contributed by atoms with Gasteiger partial charge in [0, 0.05) is 27.1 Å². The summed E-state index contributed by atoms with van der Waals surface area (Å²) in [6.45, 7) is 4.01. The van der Waals surface area contributed by atoms with Crippen LogP contribution < -0.4 is 0 Å². The first-order chi connectivity index (χ1) is 24.2. The quantitative estimate of drug-likeness (QED) is 0.175. The molecule has 49 heavy (non-hydrogen) atoms. The maximum absolute atomic E-state index is 13.8. The second-order valence-electron chi connectivity index (χ2n) is 12.1. The summed E-state index contributed by atoms with van der Waals surface area (Å²) < 4.78 is 18.3. The molecule has 0 aliphatic rings. The minimum absolute atomic E-state index is 0.273. The number of aliphatic imine (C=N–C) groups is 1. The average Bonchev–Trinajstić information content (AvgIpc) is 3.67. The van der Waals surface area contributed by atoms with Crippen molar-refractivity contribution in [3.63, 3.8) is 0 Å². The van der Waals surface area contributed by atoms with E-state index in [1.165, 1.54) is 12.1 Å². The van der Waals surface area contributed by atoms with Crippen molar-refractivity contribution in [3.8, 4) is 39.7 Å². The Balaban J connectivity index is 1.47. The number of halogens is 1. The van der Waals surface area contributed by atoms with E-state index in [0.717, 1.165) is 77.2 Å². The van der Waals surface area contributed by atoms with Crippen LogP contribution in [0, 0.1) is 17.1 Å². The molecule has 5 heteroatoms. The van der Waals surface area contributed by atoms with Gasteiger partial charge >= 0.3 is 0 Å². The van der Waals surface area contributed by atoms with Crippen molar-refractivity contribution in [1.82, 2.24) is 9.13 Å². The summed E-state index contributed by atoms with van der Waals surface area (Å²) in [7, 11) is 0. The molecule has 0 fully saturated rings. The third-order valence-electron chi connectivity index (χ3n) is 9.50. The zero-order valence-corrected chi connectivity index (χ0v) is 26.3. The van der Waals surface area contributed by atoms with Crippen LogP contribution in [0.25, 0.3) is 77.2 Å². The summed E-state index contributed by atoms with van der Waals surface area (Å²) in [5, 5.41) is 15.3. The second-order valence-corrected chi connectivity index (χ2v) is 12.1. The van der Waals surface area contributed by atoms with E-state index in [4.69, 9.17) is 0 Å². The standard InChI is InChI=1S/C44H27FN4/c1-47-37-26-31(27-46)43(48-38-14-6-2-10-33(38)34-11-3-7-15-39(34)48)42(30-20-18-28(19-21-30)29-22-24-32(45)25-23-29)44(37)49-40-16-8-4-12-35(40)36-13-5-9-17-41(36)49/h2-26H,1H2. The predicted octanol–water partition coefficient (Wildman–Crippen LogP) is 11.6. The molecule has 0 unspecified atom stereocenters. The Morgan fingerprint density at radius 2 is 0.898 bits per heavy atom. The Kier molecular flexibility index (Phi) is 6.50. The van der Waals surface area contributed by atoms with Gasteiger partial charge in [-0.2, -0.15) is 5.26 Å². The van der Waals surface area contributed by atoms with Gasteiger partial charge in [0.1, 0.15) is 11.9 Å². The zero-order valence-electron chi connectivity index (χ0n) is 26.3. The predicted molar refractivity (Wildman–Crippen MR) is 200 cm³/mol. The maximum Gasteiger partial charge on any atom is 0.123 e. The fourth-order valence-electron chi connectivity index (χ4n) is 7.38. The van der Waals surface area contributed by atoms with Crippen LogP contribution in [0.4, 0.5) is 10.1 Å².